The van der Waals surface area contributed by atoms with Crippen LogP contribution in [-0.2, 0) is 4.79 Å². The van der Waals surface area contributed by atoms with Crippen LogP contribution < -0.4 is 0 Å². The van der Waals surface area contributed by atoms with Gasteiger partial charge in [-0.3, -0.25) is 4.79 Å². The fourth-order valence-electron chi connectivity index (χ4n) is 1.63. The van der Waals surface area contributed by atoms with Gasteiger partial charge in [-0.2, -0.15) is 0 Å². The number of hydrogen-bond donors (Lipinski definition) is 1. The Bertz CT molecular complexity index is 547. The van der Waals surface area contributed by atoms with Crippen molar-refractivity contribution >= 4 is 29.2 Å². The standard InChI is InChI=1S/C14H10Cl2O2/c15-12-7-5-10(6-8-12)9-1-3-11(4-2-9)13(16)14(17)18/h1-8,13H,(H,17,18). The van der Waals surface area contributed by atoms with Crippen molar-refractivity contribution < 1.29 is 9.90 Å². The summed E-state index contributed by atoms with van der Waals surface area (Å²) >= 11 is 11.6. The van der Waals surface area contributed by atoms with E-state index in [1.54, 1.807) is 12.1 Å². The monoisotopic (exact) mass is 280 g/mol. The summed E-state index contributed by atoms with van der Waals surface area (Å²) in [6.45, 7) is 0. The first-order chi connectivity index (χ1) is 8.58. The van der Waals surface area contributed by atoms with Crippen LogP contribution in [0.15, 0.2) is 48.5 Å². The molecule has 92 valence electrons. The maximum atomic E-state index is 10.7. The van der Waals surface area contributed by atoms with E-state index in [4.69, 9.17) is 28.3 Å². The van der Waals surface area contributed by atoms with Gasteiger partial charge in [0.05, 0.1) is 0 Å². The molecule has 0 aliphatic carbocycles. The van der Waals surface area contributed by atoms with Gasteiger partial charge >= 0.3 is 5.97 Å². The first kappa shape index (κ1) is 12.9. The molecule has 2 nitrogen and oxygen atoms in total. The summed E-state index contributed by atoms with van der Waals surface area (Å²) < 4.78 is 0. The van der Waals surface area contributed by atoms with Crippen molar-refractivity contribution in [3.8, 4) is 11.1 Å². The molecule has 1 N–H and O–H groups in total. The zero-order valence-corrected chi connectivity index (χ0v) is 10.8. The van der Waals surface area contributed by atoms with Crippen LogP contribution in [0.5, 0.6) is 0 Å². The van der Waals surface area contributed by atoms with Crippen LogP contribution in [0.3, 0.4) is 0 Å². The Morgan fingerprint density at radius 1 is 0.944 bits per heavy atom. The molecular formula is C14H10Cl2O2. The van der Waals surface area contributed by atoms with E-state index in [1.807, 2.05) is 36.4 Å². The zero-order valence-electron chi connectivity index (χ0n) is 9.31. The van der Waals surface area contributed by atoms with Crippen molar-refractivity contribution in [2.24, 2.45) is 0 Å². The van der Waals surface area contributed by atoms with Crippen LogP contribution in [-0.4, -0.2) is 11.1 Å². The molecule has 4 heteroatoms. The molecule has 0 saturated carbocycles. The van der Waals surface area contributed by atoms with Crippen molar-refractivity contribution in [1.29, 1.82) is 0 Å². The molecule has 0 aliphatic heterocycles. The second-order valence-electron chi connectivity index (χ2n) is 3.83. The van der Waals surface area contributed by atoms with Gasteiger partial charge in [-0.15, -0.1) is 11.6 Å². The Morgan fingerprint density at radius 3 is 1.83 bits per heavy atom. The number of hydrogen-bond acceptors (Lipinski definition) is 1. The molecule has 0 heterocycles. The van der Waals surface area contributed by atoms with Crippen molar-refractivity contribution in [3.63, 3.8) is 0 Å². The fraction of sp³-hybridized carbons (Fsp3) is 0.0714. The summed E-state index contributed by atoms with van der Waals surface area (Å²) in [5.41, 5.74) is 2.58. The SMILES string of the molecule is O=C(O)C(Cl)c1ccc(-c2ccc(Cl)cc2)cc1. The van der Waals surface area contributed by atoms with Gasteiger partial charge in [0.2, 0.25) is 0 Å². The minimum atomic E-state index is -1.05. The highest BCUT2D eigenvalue weighted by atomic mass is 35.5. The summed E-state index contributed by atoms with van der Waals surface area (Å²) in [6.07, 6.45) is 0. The molecule has 2 aromatic rings. The van der Waals surface area contributed by atoms with Crippen LogP contribution in [0.4, 0.5) is 0 Å². The number of aliphatic carboxylic acids is 1. The number of halogens is 2. The van der Waals surface area contributed by atoms with Gasteiger partial charge in [0.1, 0.15) is 0 Å². The molecule has 0 amide bonds. The molecule has 0 aliphatic rings. The zero-order chi connectivity index (χ0) is 13.1. The highest BCUT2D eigenvalue weighted by Gasteiger charge is 2.15. The topological polar surface area (TPSA) is 37.3 Å². The number of carboxylic acids is 1. The molecule has 2 rings (SSSR count). The third-order valence-corrected chi connectivity index (χ3v) is 3.29. The summed E-state index contributed by atoms with van der Waals surface area (Å²) in [6, 6.07) is 14.6. The average Bonchev–Trinajstić information content (AvgIpc) is 2.39. The lowest BCUT2D eigenvalue weighted by atomic mass is 10.0. The van der Waals surface area contributed by atoms with Crippen molar-refractivity contribution in [1.82, 2.24) is 0 Å². The Hall–Kier alpha value is -1.51. The van der Waals surface area contributed by atoms with E-state index in [9.17, 15) is 4.79 Å². The normalized spacial score (nSPS) is 12.1. The van der Waals surface area contributed by atoms with Gasteiger partial charge in [0, 0.05) is 5.02 Å². The lowest BCUT2D eigenvalue weighted by molar-refractivity contribution is -0.136. The molecule has 0 saturated heterocycles. The van der Waals surface area contributed by atoms with Gasteiger partial charge in [0.15, 0.2) is 5.38 Å². The molecule has 1 unspecified atom stereocenters. The van der Waals surface area contributed by atoms with Gasteiger partial charge in [0.25, 0.3) is 0 Å². The van der Waals surface area contributed by atoms with E-state index in [1.165, 1.54) is 0 Å². The largest absolute Gasteiger partial charge is 0.480 e. The van der Waals surface area contributed by atoms with Gasteiger partial charge < -0.3 is 5.11 Å². The van der Waals surface area contributed by atoms with Crippen LogP contribution in [0.25, 0.3) is 11.1 Å². The van der Waals surface area contributed by atoms with Crippen molar-refractivity contribution in [2.75, 3.05) is 0 Å². The van der Waals surface area contributed by atoms with Crippen LogP contribution in [0.2, 0.25) is 5.02 Å². The van der Waals surface area contributed by atoms with Crippen LogP contribution in [0, 0.1) is 0 Å². The van der Waals surface area contributed by atoms with Crippen LogP contribution >= 0.6 is 23.2 Å². The maximum absolute atomic E-state index is 10.7. The molecule has 0 spiro atoms. The van der Waals surface area contributed by atoms with E-state index in [2.05, 4.69) is 0 Å². The molecular weight excluding hydrogens is 271 g/mol. The number of rotatable bonds is 3. The van der Waals surface area contributed by atoms with E-state index in [0.29, 0.717) is 10.6 Å². The van der Waals surface area contributed by atoms with Gasteiger partial charge in [-0.05, 0) is 28.8 Å². The first-order valence-corrected chi connectivity index (χ1v) is 6.12. The first-order valence-electron chi connectivity index (χ1n) is 5.31. The number of carbonyl (C=O) groups is 1. The lowest BCUT2D eigenvalue weighted by Crippen LogP contribution is -2.04. The van der Waals surface area contributed by atoms with E-state index in [-0.39, 0.29) is 0 Å². The highest BCUT2D eigenvalue weighted by molar-refractivity contribution is 6.30. The third kappa shape index (κ3) is 2.84. The molecule has 0 radical (unpaired) electrons. The molecule has 2 aromatic carbocycles. The van der Waals surface area contributed by atoms with E-state index >= 15 is 0 Å². The van der Waals surface area contributed by atoms with Gasteiger partial charge in [-0.1, -0.05) is 48.0 Å². The average molecular weight is 281 g/mol. The molecule has 0 fully saturated rings. The molecule has 0 aromatic heterocycles. The summed E-state index contributed by atoms with van der Waals surface area (Å²) in [4.78, 5) is 10.7. The lowest BCUT2D eigenvalue weighted by Gasteiger charge is -2.06. The quantitative estimate of drug-likeness (QED) is 0.848. The molecule has 18 heavy (non-hydrogen) atoms. The minimum absolute atomic E-state index is 0.571. The number of benzene rings is 2. The minimum Gasteiger partial charge on any atom is -0.480 e. The maximum Gasteiger partial charge on any atom is 0.326 e. The summed E-state index contributed by atoms with van der Waals surface area (Å²) in [5.74, 6) is -1.05. The smallest absolute Gasteiger partial charge is 0.326 e. The van der Waals surface area contributed by atoms with Crippen molar-refractivity contribution in [3.05, 3.63) is 59.1 Å². The summed E-state index contributed by atoms with van der Waals surface area (Å²) in [7, 11) is 0. The second-order valence-corrected chi connectivity index (χ2v) is 4.70. The third-order valence-electron chi connectivity index (χ3n) is 2.60. The van der Waals surface area contributed by atoms with Crippen LogP contribution in [0.1, 0.15) is 10.9 Å². The Kier molecular flexibility index (Phi) is 3.90. The predicted molar refractivity (Wildman–Crippen MR) is 73.1 cm³/mol. The Balaban J connectivity index is 2.27. The molecule has 1 atom stereocenters. The predicted octanol–water partition coefficient (Wildman–Crippen LogP) is 4.37. The molecule has 0 bridgehead atoms. The van der Waals surface area contributed by atoms with E-state index < -0.39 is 11.3 Å². The van der Waals surface area contributed by atoms with Crippen molar-refractivity contribution in [2.45, 2.75) is 5.38 Å². The Labute approximate surface area is 115 Å². The van der Waals surface area contributed by atoms with E-state index in [0.717, 1.165) is 11.1 Å². The number of alkyl halides is 1. The second kappa shape index (κ2) is 5.42. The summed E-state index contributed by atoms with van der Waals surface area (Å²) in [5, 5.41) is 8.48. The van der Waals surface area contributed by atoms with Gasteiger partial charge in [-0.25, -0.2) is 0 Å². The number of carboxylic acid groups (broad SMARTS) is 1. The fourth-order valence-corrected chi connectivity index (χ4v) is 1.90. The Morgan fingerprint density at radius 2 is 1.39 bits per heavy atom. The highest BCUT2D eigenvalue weighted by Crippen LogP contribution is 2.26.